The molecule has 2 N–H and O–H groups in total. The molecular weight excluding hydrogens is 333 g/mol. The lowest BCUT2D eigenvalue weighted by Gasteiger charge is -2.06. The van der Waals surface area contributed by atoms with Gasteiger partial charge in [0, 0.05) is 22.2 Å². The number of halogens is 2. The Hall–Kier alpha value is -2.30. The number of nitrogens with one attached hydrogen (secondary N) is 2. The fraction of sp³-hybridized carbons (Fsp3) is 0.0588. The molecule has 0 aliphatic heterocycles. The molecule has 0 aliphatic carbocycles. The van der Waals surface area contributed by atoms with Crippen LogP contribution in [0.3, 0.4) is 0 Å². The van der Waals surface area contributed by atoms with E-state index >= 15 is 0 Å². The predicted molar refractivity (Wildman–Crippen MR) is 91.7 cm³/mol. The molecule has 0 bridgehead atoms. The van der Waals surface area contributed by atoms with E-state index < -0.39 is 0 Å². The fourth-order valence-electron chi connectivity index (χ4n) is 2.20. The second-order valence-corrected chi connectivity index (χ2v) is 5.85. The van der Waals surface area contributed by atoms with Crippen molar-refractivity contribution in [3.05, 3.63) is 75.9 Å². The second-order valence-electron chi connectivity index (χ2n) is 4.98. The molecule has 1 amide bonds. The Morgan fingerprint density at radius 2 is 1.87 bits per heavy atom. The molecule has 0 radical (unpaired) electrons. The Balaban J connectivity index is 1.76. The normalized spacial score (nSPS) is 10.5. The second kappa shape index (κ2) is 6.86. The summed E-state index contributed by atoms with van der Waals surface area (Å²) in [5, 5.41) is 11.0. The first-order valence-electron chi connectivity index (χ1n) is 6.95. The van der Waals surface area contributed by atoms with Crippen LogP contribution in [-0.4, -0.2) is 16.1 Å². The van der Waals surface area contributed by atoms with E-state index in [1.165, 1.54) is 6.20 Å². The highest BCUT2D eigenvalue weighted by Crippen LogP contribution is 2.24. The van der Waals surface area contributed by atoms with E-state index in [0.717, 1.165) is 11.1 Å². The molecule has 23 heavy (non-hydrogen) atoms. The first-order valence-corrected chi connectivity index (χ1v) is 7.71. The van der Waals surface area contributed by atoms with Crippen LogP contribution in [-0.2, 0) is 6.54 Å². The van der Waals surface area contributed by atoms with Gasteiger partial charge in [0.1, 0.15) is 0 Å². The number of hydrogen-bond donors (Lipinski definition) is 2. The van der Waals surface area contributed by atoms with Gasteiger partial charge in [0.05, 0.1) is 17.5 Å². The van der Waals surface area contributed by atoms with E-state index in [1.807, 2.05) is 24.3 Å². The highest BCUT2D eigenvalue weighted by atomic mass is 35.5. The molecule has 0 saturated heterocycles. The third-order valence-corrected chi connectivity index (χ3v) is 3.85. The largest absolute Gasteiger partial charge is 0.348 e. The van der Waals surface area contributed by atoms with Gasteiger partial charge in [0.25, 0.3) is 5.91 Å². The molecule has 4 nitrogen and oxygen atoms in total. The minimum atomic E-state index is -0.205. The van der Waals surface area contributed by atoms with Crippen molar-refractivity contribution in [2.75, 3.05) is 0 Å². The first-order chi connectivity index (χ1) is 11.1. The number of amides is 1. The van der Waals surface area contributed by atoms with Gasteiger partial charge in [-0.3, -0.25) is 9.89 Å². The Morgan fingerprint density at radius 3 is 2.61 bits per heavy atom. The van der Waals surface area contributed by atoms with Gasteiger partial charge in [-0.2, -0.15) is 5.10 Å². The van der Waals surface area contributed by atoms with Crippen LogP contribution in [0.25, 0.3) is 11.3 Å². The summed E-state index contributed by atoms with van der Waals surface area (Å²) in [6, 6.07) is 14.6. The SMILES string of the molecule is O=C(NCc1ccc(Cl)cc1)c1cn[nH]c1-c1cccc(Cl)c1. The Morgan fingerprint density at radius 1 is 1.09 bits per heavy atom. The topological polar surface area (TPSA) is 57.8 Å². The smallest absolute Gasteiger partial charge is 0.255 e. The number of benzene rings is 2. The van der Waals surface area contributed by atoms with E-state index in [0.29, 0.717) is 27.8 Å². The molecule has 0 fully saturated rings. The molecule has 3 aromatic rings. The summed E-state index contributed by atoms with van der Waals surface area (Å²) < 4.78 is 0. The van der Waals surface area contributed by atoms with Gasteiger partial charge in [0.2, 0.25) is 0 Å². The maximum atomic E-state index is 12.4. The number of hydrogen-bond acceptors (Lipinski definition) is 2. The van der Waals surface area contributed by atoms with Crippen molar-refractivity contribution in [2.24, 2.45) is 0 Å². The summed E-state index contributed by atoms with van der Waals surface area (Å²) in [6.07, 6.45) is 1.51. The van der Waals surface area contributed by atoms with Crippen molar-refractivity contribution in [3.8, 4) is 11.3 Å². The predicted octanol–water partition coefficient (Wildman–Crippen LogP) is 4.31. The molecule has 0 aliphatic rings. The molecule has 0 spiro atoms. The lowest BCUT2D eigenvalue weighted by molar-refractivity contribution is 0.0951. The molecule has 1 heterocycles. The van der Waals surface area contributed by atoms with Crippen LogP contribution in [0.4, 0.5) is 0 Å². The van der Waals surface area contributed by atoms with Crippen LogP contribution < -0.4 is 5.32 Å². The molecule has 0 atom stereocenters. The van der Waals surface area contributed by atoms with Gasteiger partial charge in [-0.15, -0.1) is 0 Å². The Labute approximate surface area is 143 Å². The van der Waals surface area contributed by atoms with E-state index in [1.54, 1.807) is 24.3 Å². The van der Waals surface area contributed by atoms with Gasteiger partial charge < -0.3 is 5.32 Å². The Kier molecular flexibility index (Phi) is 4.65. The average Bonchev–Trinajstić information content (AvgIpc) is 3.04. The maximum absolute atomic E-state index is 12.4. The monoisotopic (exact) mass is 345 g/mol. The van der Waals surface area contributed by atoms with Crippen LogP contribution >= 0.6 is 23.2 Å². The highest BCUT2D eigenvalue weighted by Gasteiger charge is 2.15. The van der Waals surface area contributed by atoms with Gasteiger partial charge in [-0.05, 0) is 29.8 Å². The number of carbonyl (C=O) groups excluding carboxylic acids is 1. The highest BCUT2D eigenvalue weighted by molar-refractivity contribution is 6.31. The van der Waals surface area contributed by atoms with Crippen molar-refractivity contribution in [2.45, 2.75) is 6.54 Å². The zero-order chi connectivity index (χ0) is 16.2. The van der Waals surface area contributed by atoms with Crippen LogP contribution in [0, 0.1) is 0 Å². The minimum Gasteiger partial charge on any atom is -0.348 e. The van der Waals surface area contributed by atoms with Crippen LogP contribution in [0.15, 0.2) is 54.7 Å². The molecule has 116 valence electrons. The van der Waals surface area contributed by atoms with Gasteiger partial charge in [0.15, 0.2) is 0 Å². The molecule has 1 aromatic heterocycles. The number of rotatable bonds is 4. The summed E-state index contributed by atoms with van der Waals surface area (Å²) in [6.45, 7) is 0.413. The number of aromatic amines is 1. The van der Waals surface area contributed by atoms with Crippen molar-refractivity contribution in [3.63, 3.8) is 0 Å². The number of H-pyrrole nitrogens is 1. The van der Waals surface area contributed by atoms with E-state index in [-0.39, 0.29) is 5.91 Å². The molecule has 0 unspecified atom stereocenters. The van der Waals surface area contributed by atoms with E-state index in [4.69, 9.17) is 23.2 Å². The molecule has 2 aromatic carbocycles. The van der Waals surface area contributed by atoms with Crippen LogP contribution in [0.2, 0.25) is 10.0 Å². The lowest BCUT2D eigenvalue weighted by atomic mass is 10.1. The molecule has 6 heteroatoms. The van der Waals surface area contributed by atoms with Gasteiger partial charge in [-0.1, -0.05) is 47.5 Å². The van der Waals surface area contributed by atoms with E-state index in [2.05, 4.69) is 15.5 Å². The summed E-state index contributed by atoms with van der Waals surface area (Å²) in [5.41, 5.74) is 2.89. The quantitative estimate of drug-likeness (QED) is 0.739. The van der Waals surface area contributed by atoms with Crippen molar-refractivity contribution < 1.29 is 4.79 Å². The minimum absolute atomic E-state index is 0.205. The zero-order valence-electron chi connectivity index (χ0n) is 12.0. The molecular formula is C17H13Cl2N3O. The fourth-order valence-corrected chi connectivity index (χ4v) is 2.52. The van der Waals surface area contributed by atoms with Crippen LogP contribution in [0.1, 0.15) is 15.9 Å². The Bertz CT molecular complexity index is 828. The number of nitrogens with zero attached hydrogens (tertiary/aromatic N) is 1. The zero-order valence-corrected chi connectivity index (χ0v) is 13.5. The van der Waals surface area contributed by atoms with Crippen molar-refractivity contribution in [1.29, 1.82) is 0 Å². The average molecular weight is 346 g/mol. The number of aromatic nitrogens is 2. The van der Waals surface area contributed by atoms with E-state index in [9.17, 15) is 4.79 Å². The summed E-state index contributed by atoms with van der Waals surface area (Å²) >= 11 is 11.8. The standard InChI is InChI=1S/C17H13Cl2N3O/c18-13-6-4-11(5-7-13)9-20-17(23)15-10-21-22-16(15)12-2-1-3-14(19)8-12/h1-8,10H,9H2,(H,20,23)(H,21,22). The molecule has 3 rings (SSSR count). The summed E-state index contributed by atoms with van der Waals surface area (Å²) in [4.78, 5) is 12.4. The van der Waals surface area contributed by atoms with Crippen molar-refractivity contribution in [1.82, 2.24) is 15.5 Å². The third-order valence-electron chi connectivity index (χ3n) is 3.36. The summed E-state index contributed by atoms with van der Waals surface area (Å²) in [5.74, 6) is -0.205. The van der Waals surface area contributed by atoms with Crippen LogP contribution in [0.5, 0.6) is 0 Å². The first kappa shape index (κ1) is 15.6. The van der Waals surface area contributed by atoms with Crippen molar-refractivity contribution >= 4 is 29.1 Å². The maximum Gasteiger partial charge on any atom is 0.255 e. The van der Waals surface area contributed by atoms with Gasteiger partial charge >= 0.3 is 0 Å². The third kappa shape index (κ3) is 3.73. The van der Waals surface area contributed by atoms with Gasteiger partial charge in [-0.25, -0.2) is 0 Å². The lowest BCUT2D eigenvalue weighted by Crippen LogP contribution is -2.22. The summed E-state index contributed by atoms with van der Waals surface area (Å²) in [7, 11) is 0. The number of carbonyl (C=O) groups is 1. The molecule has 0 saturated carbocycles.